The second-order valence-corrected chi connectivity index (χ2v) is 5.75. The highest BCUT2D eigenvalue weighted by molar-refractivity contribution is 9.10. The average molecular weight is 338 g/mol. The summed E-state index contributed by atoms with van der Waals surface area (Å²) < 4.78 is 6.38. The van der Waals surface area contributed by atoms with E-state index in [0.29, 0.717) is 5.69 Å². The van der Waals surface area contributed by atoms with E-state index in [9.17, 15) is 14.7 Å². The summed E-state index contributed by atoms with van der Waals surface area (Å²) in [6, 6.07) is 7.12. The molecule has 6 heteroatoms. The number of anilines is 1. The second kappa shape index (κ2) is 5.03. The van der Waals surface area contributed by atoms with Crippen LogP contribution in [0.5, 0.6) is 0 Å². The molecule has 4 atom stereocenters. The lowest BCUT2D eigenvalue weighted by molar-refractivity contribution is -0.145. The topological polar surface area (TPSA) is 75.6 Å². The quantitative estimate of drug-likeness (QED) is 0.827. The van der Waals surface area contributed by atoms with Crippen LogP contribution in [0.4, 0.5) is 5.69 Å². The van der Waals surface area contributed by atoms with Crippen LogP contribution in [0.1, 0.15) is 0 Å². The fourth-order valence-corrected chi connectivity index (χ4v) is 2.94. The summed E-state index contributed by atoms with van der Waals surface area (Å²) in [5.41, 5.74) is 0.633. The molecule has 2 heterocycles. The fourth-order valence-electron chi connectivity index (χ4n) is 2.67. The molecule has 2 aliphatic heterocycles. The maximum absolute atomic E-state index is 12.3. The fraction of sp³-hybridized carbons (Fsp3) is 0.286. The van der Waals surface area contributed by atoms with Crippen molar-refractivity contribution in [3.05, 3.63) is 40.9 Å². The molecule has 0 aromatic heterocycles. The molecule has 3 rings (SSSR count). The van der Waals surface area contributed by atoms with Crippen LogP contribution in [0.3, 0.4) is 0 Å². The molecule has 1 aromatic rings. The Morgan fingerprint density at radius 3 is 2.30 bits per heavy atom. The first-order valence-corrected chi connectivity index (χ1v) is 6.98. The minimum Gasteiger partial charge on any atom is -0.481 e. The third-order valence-electron chi connectivity index (χ3n) is 3.60. The first kappa shape index (κ1) is 13.3. The van der Waals surface area contributed by atoms with Crippen LogP contribution in [0, 0.1) is 11.8 Å². The van der Waals surface area contributed by atoms with E-state index in [1.807, 2.05) is 12.1 Å². The monoisotopic (exact) mass is 337 g/mol. The summed E-state index contributed by atoms with van der Waals surface area (Å²) in [4.78, 5) is 23.6. The first-order chi connectivity index (χ1) is 9.56. The number of carbonyl (C=O) groups is 2. The first-order valence-electron chi connectivity index (χ1n) is 6.19. The number of carboxylic acids is 1. The van der Waals surface area contributed by atoms with Crippen molar-refractivity contribution < 1.29 is 19.4 Å². The third-order valence-corrected chi connectivity index (χ3v) is 4.13. The van der Waals surface area contributed by atoms with Gasteiger partial charge in [0.1, 0.15) is 5.92 Å². The summed E-state index contributed by atoms with van der Waals surface area (Å²) in [5, 5.41) is 12.0. The van der Waals surface area contributed by atoms with Crippen LogP contribution in [-0.4, -0.2) is 29.2 Å². The molecule has 1 amide bonds. The summed E-state index contributed by atoms with van der Waals surface area (Å²) in [6.45, 7) is 0. The van der Waals surface area contributed by atoms with Crippen molar-refractivity contribution in [2.75, 3.05) is 5.32 Å². The van der Waals surface area contributed by atoms with E-state index in [-0.39, 0.29) is 5.91 Å². The van der Waals surface area contributed by atoms with Crippen molar-refractivity contribution in [1.29, 1.82) is 0 Å². The van der Waals surface area contributed by atoms with E-state index in [0.717, 1.165) is 4.47 Å². The van der Waals surface area contributed by atoms with Gasteiger partial charge in [-0.3, -0.25) is 9.59 Å². The van der Waals surface area contributed by atoms with Crippen molar-refractivity contribution in [3.8, 4) is 0 Å². The Bertz CT molecular complexity index is 583. The Morgan fingerprint density at radius 1 is 1.10 bits per heavy atom. The predicted octanol–water partition coefficient (Wildman–Crippen LogP) is 2.04. The molecule has 1 aromatic carbocycles. The predicted molar refractivity (Wildman–Crippen MR) is 75.2 cm³/mol. The molecule has 5 nitrogen and oxygen atoms in total. The molecule has 2 aliphatic rings. The molecule has 0 aliphatic carbocycles. The number of ether oxygens (including phenoxy) is 1. The Balaban J connectivity index is 1.78. The number of hydrogen-bond acceptors (Lipinski definition) is 3. The number of rotatable bonds is 3. The second-order valence-electron chi connectivity index (χ2n) is 4.84. The van der Waals surface area contributed by atoms with Gasteiger partial charge in [0.05, 0.1) is 18.1 Å². The lowest BCUT2D eigenvalue weighted by atomic mass is 9.82. The Hall–Kier alpha value is -1.66. The smallest absolute Gasteiger partial charge is 0.310 e. The highest BCUT2D eigenvalue weighted by atomic mass is 79.9. The number of nitrogens with one attached hydrogen (secondary N) is 1. The number of halogens is 1. The molecule has 0 saturated carbocycles. The number of aliphatic carboxylic acids is 1. The molecule has 2 bridgehead atoms. The normalized spacial score (nSPS) is 30.4. The van der Waals surface area contributed by atoms with Crippen LogP contribution in [-0.2, 0) is 14.3 Å². The van der Waals surface area contributed by atoms with Crippen molar-refractivity contribution >= 4 is 33.5 Å². The van der Waals surface area contributed by atoms with Gasteiger partial charge in [0.15, 0.2) is 0 Å². The van der Waals surface area contributed by atoms with E-state index in [2.05, 4.69) is 21.2 Å². The SMILES string of the molecule is O=C(O)[C@@H]1[C@@H](C(=O)Nc2ccc(Br)cc2)[C@@H]2C=C[C@@H]1O2. The minimum absolute atomic E-state index is 0.323. The lowest BCUT2D eigenvalue weighted by Gasteiger charge is -2.20. The van der Waals surface area contributed by atoms with Gasteiger partial charge in [-0.15, -0.1) is 0 Å². The number of fused-ring (bicyclic) bond motifs is 2. The van der Waals surface area contributed by atoms with Crippen molar-refractivity contribution in [3.63, 3.8) is 0 Å². The molecule has 0 spiro atoms. The third kappa shape index (κ3) is 2.25. The van der Waals surface area contributed by atoms with Gasteiger partial charge in [0.2, 0.25) is 5.91 Å². The lowest BCUT2D eigenvalue weighted by Crippen LogP contribution is -2.39. The Kier molecular flexibility index (Phi) is 3.35. The van der Waals surface area contributed by atoms with Crippen LogP contribution < -0.4 is 5.32 Å². The van der Waals surface area contributed by atoms with Crippen LogP contribution in [0.25, 0.3) is 0 Å². The van der Waals surface area contributed by atoms with Gasteiger partial charge in [-0.25, -0.2) is 0 Å². The van der Waals surface area contributed by atoms with Crippen LogP contribution in [0.2, 0.25) is 0 Å². The van der Waals surface area contributed by atoms with E-state index in [1.54, 1.807) is 24.3 Å². The van der Waals surface area contributed by atoms with Gasteiger partial charge in [0, 0.05) is 10.2 Å². The van der Waals surface area contributed by atoms with E-state index in [1.165, 1.54) is 0 Å². The van der Waals surface area contributed by atoms with E-state index in [4.69, 9.17) is 4.74 Å². The molecular formula is C14H12BrNO4. The summed E-state index contributed by atoms with van der Waals surface area (Å²) >= 11 is 3.31. The van der Waals surface area contributed by atoms with Crippen LogP contribution in [0.15, 0.2) is 40.9 Å². The summed E-state index contributed by atoms with van der Waals surface area (Å²) in [6.07, 6.45) is 2.53. The Labute approximate surface area is 123 Å². The molecule has 20 heavy (non-hydrogen) atoms. The number of carboxylic acid groups (broad SMARTS) is 1. The number of hydrogen-bond donors (Lipinski definition) is 2. The largest absolute Gasteiger partial charge is 0.481 e. The van der Waals surface area contributed by atoms with Gasteiger partial charge in [-0.05, 0) is 24.3 Å². The zero-order valence-corrected chi connectivity index (χ0v) is 11.9. The molecule has 0 radical (unpaired) electrons. The maximum Gasteiger partial charge on any atom is 0.310 e. The summed E-state index contributed by atoms with van der Waals surface area (Å²) in [5.74, 6) is -2.83. The molecular weight excluding hydrogens is 326 g/mol. The summed E-state index contributed by atoms with van der Waals surface area (Å²) in [7, 11) is 0. The number of carbonyl (C=O) groups excluding carboxylic acids is 1. The molecule has 0 unspecified atom stereocenters. The standard InChI is InChI=1S/C14H12BrNO4/c15-7-1-3-8(4-2-7)16-13(17)11-9-5-6-10(20-9)12(11)14(18)19/h1-6,9-12H,(H,16,17)(H,18,19)/t9-,10-,11-,12-/m0/s1. The van der Waals surface area contributed by atoms with Crippen molar-refractivity contribution in [2.45, 2.75) is 12.2 Å². The molecule has 104 valence electrons. The zero-order chi connectivity index (χ0) is 14.3. The number of benzene rings is 1. The van der Waals surface area contributed by atoms with Crippen molar-refractivity contribution in [2.24, 2.45) is 11.8 Å². The Morgan fingerprint density at radius 2 is 1.70 bits per heavy atom. The molecule has 1 saturated heterocycles. The van der Waals surface area contributed by atoms with Gasteiger partial charge < -0.3 is 15.2 Å². The van der Waals surface area contributed by atoms with E-state index >= 15 is 0 Å². The average Bonchev–Trinajstić information content (AvgIpc) is 3.01. The van der Waals surface area contributed by atoms with Crippen LogP contribution >= 0.6 is 15.9 Å². The molecule has 1 fully saturated rings. The van der Waals surface area contributed by atoms with Crippen molar-refractivity contribution in [1.82, 2.24) is 0 Å². The van der Waals surface area contributed by atoms with Gasteiger partial charge >= 0.3 is 5.97 Å². The van der Waals surface area contributed by atoms with Gasteiger partial charge in [-0.1, -0.05) is 28.1 Å². The van der Waals surface area contributed by atoms with Gasteiger partial charge in [-0.2, -0.15) is 0 Å². The molecule has 2 N–H and O–H groups in total. The number of amides is 1. The maximum atomic E-state index is 12.3. The minimum atomic E-state index is -1.00. The highest BCUT2D eigenvalue weighted by Gasteiger charge is 2.53. The zero-order valence-electron chi connectivity index (χ0n) is 10.3. The van der Waals surface area contributed by atoms with Gasteiger partial charge in [0.25, 0.3) is 0 Å². The van der Waals surface area contributed by atoms with E-state index < -0.39 is 30.0 Å². The highest BCUT2D eigenvalue weighted by Crippen LogP contribution is 2.39.